The first-order chi connectivity index (χ1) is 7.01. The van der Waals surface area contributed by atoms with E-state index in [1.807, 2.05) is 0 Å². The molecule has 1 saturated heterocycles. The maximum atomic E-state index is 3.76. The molecule has 1 aliphatic heterocycles. The van der Waals surface area contributed by atoms with Gasteiger partial charge in [-0.25, -0.2) is 0 Å². The van der Waals surface area contributed by atoms with Gasteiger partial charge in [-0.15, -0.1) is 0 Å². The summed E-state index contributed by atoms with van der Waals surface area (Å²) in [4.78, 5) is 2.74. The van der Waals surface area contributed by atoms with Crippen LogP contribution in [0.5, 0.6) is 0 Å². The molecule has 0 aromatic carbocycles. The minimum absolute atomic E-state index is 0.428. The molecule has 0 amide bonds. The van der Waals surface area contributed by atoms with Crippen molar-refractivity contribution in [3.05, 3.63) is 0 Å². The van der Waals surface area contributed by atoms with E-state index >= 15 is 0 Å². The molecule has 1 heterocycles. The molecule has 0 radical (unpaired) electrons. The Morgan fingerprint density at radius 2 is 1.87 bits per heavy atom. The van der Waals surface area contributed by atoms with Crippen LogP contribution in [0.2, 0.25) is 0 Å². The molecule has 0 spiro atoms. The lowest BCUT2D eigenvalue weighted by Gasteiger charge is -2.42. The summed E-state index contributed by atoms with van der Waals surface area (Å²) in [7, 11) is 0. The van der Waals surface area contributed by atoms with Gasteiger partial charge in [0.2, 0.25) is 0 Å². The summed E-state index contributed by atoms with van der Waals surface area (Å²) < 4.78 is 0. The highest BCUT2D eigenvalue weighted by Gasteiger charge is 2.53. The van der Waals surface area contributed by atoms with Gasteiger partial charge in [0.1, 0.15) is 0 Å². The molecule has 0 aromatic heterocycles. The Balaban J connectivity index is 1.66. The van der Waals surface area contributed by atoms with E-state index in [-0.39, 0.29) is 0 Å². The Bertz CT molecular complexity index is 270. The predicted octanol–water partition coefficient (Wildman–Crippen LogP) is 1.86. The van der Waals surface area contributed by atoms with Gasteiger partial charge in [-0.05, 0) is 37.5 Å². The quantitative estimate of drug-likeness (QED) is 0.745. The first-order valence-corrected chi connectivity index (χ1v) is 6.50. The summed E-state index contributed by atoms with van der Waals surface area (Å²) in [5.74, 6) is 0.960. The zero-order valence-electron chi connectivity index (χ0n) is 10.3. The molecule has 2 aliphatic carbocycles. The largest absolute Gasteiger partial charge is 0.309 e. The molecule has 2 atom stereocenters. The zero-order chi connectivity index (χ0) is 10.7. The minimum atomic E-state index is 0.428. The Kier molecular flexibility index (Phi) is 2.01. The monoisotopic (exact) mass is 208 g/mol. The fraction of sp³-hybridized carbons (Fsp3) is 1.00. The second kappa shape index (κ2) is 2.98. The van der Waals surface area contributed by atoms with Crippen molar-refractivity contribution in [1.29, 1.82) is 0 Å². The van der Waals surface area contributed by atoms with E-state index in [0.717, 1.165) is 12.0 Å². The van der Waals surface area contributed by atoms with Crippen molar-refractivity contribution in [2.24, 2.45) is 11.3 Å². The van der Waals surface area contributed by atoms with Crippen LogP contribution in [0.25, 0.3) is 0 Å². The van der Waals surface area contributed by atoms with Crippen LogP contribution >= 0.6 is 0 Å². The highest BCUT2D eigenvalue weighted by molar-refractivity contribution is 5.09. The normalized spacial score (nSPS) is 45.4. The molecule has 3 aliphatic rings. The molecule has 86 valence electrons. The molecule has 2 nitrogen and oxygen atoms in total. The summed E-state index contributed by atoms with van der Waals surface area (Å²) in [6.07, 6.45) is 4.31. The van der Waals surface area contributed by atoms with Crippen LogP contribution in [0.4, 0.5) is 0 Å². The van der Waals surface area contributed by atoms with Crippen molar-refractivity contribution < 1.29 is 0 Å². The third-order valence-corrected chi connectivity index (χ3v) is 4.84. The number of rotatable bonds is 2. The molecule has 3 rings (SSSR count). The van der Waals surface area contributed by atoms with Crippen molar-refractivity contribution in [2.45, 2.75) is 51.6 Å². The summed E-state index contributed by atoms with van der Waals surface area (Å²) in [6.45, 7) is 11.0. The second-order valence-corrected chi connectivity index (χ2v) is 6.80. The topological polar surface area (TPSA) is 15.3 Å². The molecule has 15 heavy (non-hydrogen) atoms. The summed E-state index contributed by atoms with van der Waals surface area (Å²) in [5.41, 5.74) is 1.03. The maximum absolute atomic E-state index is 3.76. The van der Waals surface area contributed by atoms with Crippen molar-refractivity contribution >= 4 is 0 Å². The first kappa shape index (κ1) is 10.1. The Morgan fingerprint density at radius 1 is 1.20 bits per heavy atom. The molecular weight excluding hydrogens is 184 g/mol. The minimum Gasteiger partial charge on any atom is -0.309 e. The predicted molar refractivity (Wildman–Crippen MR) is 62.9 cm³/mol. The molecule has 0 bridgehead atoms. The van der Waals surface area contributed by atoms with Crippen LogP contribution < -0.4 is 5.32 Å². The zero-order valence-corrected chi connectivity index (χ0v) is 10.3. The van der Waals surface area contributed by atoms with Gasteiger partial charge in [0.05, 0.1) is 0 Å². The molecule has 3 fully saturated rings. The number of hydrogen-bond acceptors (Lipinski definition) is 2. The van der Waals surface area contributed by atoms with E-state index < -0.39 is 0 Å². The molecule has 2 heteroatoms. The molecular formula is C13H24N2. The Labute approximate surface area is 93.4 Å². The van der Waals surface area contributed by atoms with Gasteiger partial charge in [0.15, 0.2) is 0 Å². The van der Waals surface area contributed by atoms with Gasteiger partial charge in [-0.1, -0.05) is 13.8 Å². The van der Waals surface area contributed by atoms with Crippen molar-refractivity contribution in [3.63, 3.8) is 0 Å². The van der Waals surface area contributed by atoms with Crippen LogP contribution in [0.15, 0.2) is 0 Å². The van der Waals surface area contributed by atoms with Crippen LogP contribution in [0.3, 0.4) is 0 Å². The number of nitrogens with one attached hydrogen (secondary N) is 1. The Hall–Kier alpha value is -0.0800. The van der Waals surface area contributed by atoms with Gasteiger partial charge in [-0.2, -0.15) is 0 Å². The first-order valence-electron chi connectivity index (χ1n) is 6.50. The van der Waals surface area contributed by atoms with Gasteiger partial charge >= 0.3 is 0 Å². The van der Waals surface area contributed by atoms with E-state index in [1.165, 1.54) is 38.9 Å². The number of hydrogen-bond donors (Lipinski definition) is 1. The van der Waals surface area contributed by atoms with Gasteiger partial charge in [0.25, 0.3) is 0 Å². The molecule has 1 N–H and O–H groups in total. The van der Waals surface area contributed by atoms with Crippen molar-refractivity contribution in [1.82, 2.24) is 10.2 Å². The summed E-state index contributed by atoms with van der Waals surface area (Å²) in [6, 6.07) is 0.873. The summed E-state index contributed by atoms with van der Waals surface area (Å²) >= 11 is 0. The van der Waals surface area contributed by atoms with Crippen LogP contribution in [0, 0.1) is 11.3 Å². The smallest absolute Gasteiger partial charge is 0.0309 e. The number of nitrogens with zero attached hydrogens (tertiary/aromatic N) is 1. The van der Waals surface area contributed by atoms with Gasteiger partial charge < -0.3 is 5.32 Å². The lowest BCUT2D eigenvalue weighted by molar-refractivity contribution is 0.110. The van der Waals surface area contributed by atoms with E-state index in [4.69, 9.17) is 0 Å². The standard InChI is InChI=1S/C13H24N2/c1-12(2)8-11(12)15-7-6-14-13(3,9-15)10-4-5-10/h10-11,14H,4-9H2,1-3H3. The lowest BCUT2D eigenvalue weighted by atomic mass is 9.92. The van der Waals surface area contributed by atoms with E-state index in [0.29, 0.717) is 11.0 Å². The highest BCUT2D eigenvalue weighted by atomic mass is 15.3. The lowest BCUT2D eigenvalue weighted by Crippen LogP contribution is -2.60. The fourth-order valence-electron chi connectivity index (χ4n) is 3.36. The second-order valence-electron chi connectivity index (χ2n) is 6.80. The van der Waals surface area contributed by atoms with E-state index in [1.54, 1.807) is 0 Å². The maximum Gasteiger partial charge on any atom is 0.0309 e. The average molecular weight is 208 g/mol. The van der Waals surface area contributed by atoms with E-state index in [9.17, 15) is 0 Å². The van der Waals surface area contributed by atoms with Gasteiger partial charge in [0, 0.05) is 31.2 Å². The third-order valence-electron chi connectivity index (χ3n) is 4.84. The summed E-state index contributed by atoms with van der Waals surface area (Å²) in [5, 5.41) is 3.76. The van der Waals surface area contributed by atoms with Crippen LogP contribution in [-0.4, -0.2) is 36.1 Å². The SMILES string of the molecule is CC1(C)CC1N1CCNC(C)(C2CC2)C1. The van der Waals surface area contributed by atoms with Crippen LogP contribution in [0.1, 0.15) is 40.0 Å². The molecule has 2 saturated carbocycles. The highest BCUT2D eigenvalue weighted by Crippen LogP contribution is 2.50. The molecule has 2 unspecified atom stereocenters. The fourth-order valence-corrected chi connectivity index (χ4v) is 3.36. The van der Waals surface area contributed by atoms with Crippen LogP contribution in [-0.2, 0) is 0 Å². The third kappa shape index (κ3) is 1.72. The number of piperazine rings is 1. The Morgan fingerprint density at radius 3 is 2.40 bits per heavy atom. The van der Waals surface area contributed by atoms with E-state index in [2.05, 4.69) is 31.0 Å². The van der Waals surface area contributed by atoms with Crippen molar-refractivity contribution in [2.75, 3.05) is 19.6 Å². The van der Waals surface area contributed by atoms with Crippen molar-refractivity contribution in [3.8, 4) is 0 Å². The average Bonchev–Trinajstić information content (AvgIpc) is 3.00. The van der Waals surface area contributed by atoms with Gasteiger partial charge in [-0.3, -0.25) is 4.90 Å². The molecule has 0 aromatic rings.